The lowest BCUT2D eigenvalue weighted by atomic mass is 10.2. The summed E-state index contributed by atoms with van der Waals surface area (Å²) in [5, 5.41) is 3.86. The van der Waals surface area contributed by atoms with E-state index in [0.717, 1.165) is 5.56 Å². The molecule has 1 atom stereocenters. The Labute approximate surface area is 133 Å². The number of aromatic nitrogens is 4. The van der Waals surface area contributed by atoms with Gasteiger partial charge in [-0.2, -0.15) is 0 Å². The summed E-state index contributed by atoms with van der Waals surface area (Å²) in [5.74, 6) is 0.373. The molecule has 0 radical (unpaired) electrons. The van der Waals surface area contributed by atoms with Crippen molar-refractivity contribution in [3.63, 3.8) is 0 Å². The Morgan fingerprint density at radius 2 is 1.87 bits per heavy atom. The zero-order valence-corrected chi connectivity index (χ0v) is 12.7. The number of pyridine rings is 1. The van der Waals surface area contributed by atoms with Crippen molar-refractivity contribution >= 4 is 5.91 Å². The molecule has 116 valence electrons. The molecule has 0 saturated heterocycles. The van der Waals surface area contributed by atoms with Crippen LogP contribution in [0.25, 0.3) is 11.4 Å². The SMILES string of the molecule is CC(c1ccon1)N(C)C(=O)c1cnc(-c2ccncc2)nc1. The van der Waals surface area contributed by atoms with Crippen LogP contribution in [0.1, 0.15) is 29.0 Å². The van der Waals surface area contributed by atoms with Gasteiger partial charge in [0.2, 0.25) is 0 Å². The molecule has 7 nitrogen and oxygen atoms in total. The first-order valence-corrected chi connectivity index (χ1v) is 7.06. The number of hydrogen-bond donors (Lipinski definition) is 0. The van der Waals surface area contributed by atoms with E-state index >= 15 is 0 Å². The lowest BCUT2D eigenvalue weighted by molar-refractivity contribution is 0.0736. The maximum absolute atomic E-state index is 12.5. The Hall–Kier alpha value is -3.09. The van der Waals surface area contributed by atoms with Crippen LogP contribution in [-0.2, 0) is 0 Å². The summed E-state index contributed by atoms with van der Waals surface area (Å²) in [5.41, 5.74) is 1.96. The van der Waals surface area contributed by atoms with E-state index in [4.69, 9.17) is 4.52 Å². The van der Waals surface area contributed by atoms with Crippen molar-refractivity contribution in [1.82, 2.24) is 25.0 Å². The van der Waals surface area contributed by atoms with Crippen LogP contribution in [0.2, 0.25) is 0 Å². The van der Waals surface area contributed by atoms with E-state index in [1.54, 1.807) is 30.4 Å². The van der Waals surface area contributed by atoms with E-state index in [-0.39, 0.29) is 11.9 Å². The minimum Gasteiger partial charge on any atom is -0.364 e. The first-order valence-electron chi connectivity index (χ1n) is 7.06. The average molecular weight is 309 g/mol. The van der Waals surface area contributed by atoms with Gasteiger partial charge in [-0.25, -0.2) is 9.97 Å². The molecule has 0 N–H and O–H groups in total. The highest BCUT2D eigenvalue weighted by atomic mass is 16.5. The first kappa shape index (κ1) is 14.8. The topological polar surface area (TPSA) is 85.0 Å². The van der Waals surface area contributed by atoms with Crippen LogP contribution in [0, 0.1) is 0 Å². The van der Waals surface area contributed by atoms with Crippen LogP contribution in [-0.4, -0.2) is 38.0 Å². The monoisotopic (exact) mass is 309 g/mol. The molecule has 3 rings (SSSR count). The maximum atomic E-state index is 12.5. The third kappa shape index (κ3) is 3.08. The quantitative estimate of drug-likeness (QED) is 0.735. The molecule has 0 aliphatic carbocycles. The lowest BCUT2D eigenvalue weighted by Gasteiger charge is -2.22. The summed E-state index contributed by atoms with van der Waals surface area (Å²) >= 11 is 0. The molecule has 1 unspecified atom stereocenters. The van der Waals surface area contributed by atoms with Crippen LogP contribution in [0.3, 0.4) is 0 Å². The number of nitrogens with zero attached hydrogens (tertiary/aromatic N) is 5. The van der Waals surface area contributed by atoms with E-state index in [9.17, 15) is 4.79 Å². The van der Waals surface area contributed by atoms with E-state index in [0.29, 0.717) is 17.1 Å². The van der Waals surface area contributed by atoms with Gasteiger partial charge in [-0.1, -0.05) is 5.16 Å². The number of amides is 1. The van der Waals surface area contributed by atoms with Gasteiger partial charge in [0, 0.05) is 43.5 Å². The fourth-order valence-electron chi connectivity index (χ4n) is 2.10. The highest BCUT2D eigenvalue weighted by Gasteiger charge is 2.21. The van der Waals surface area contributed by atoms with E-state index in [1.165, 1.54) is 18.7 Å². The number of carbonyl (C=O) groups is 1. The fourth-order valence-corrected chi connectivity index (χ4v) is 2.10. The maximum Gasteiger partial charge on any atom is 0.257 e. The molecule has 0 aromatic carbocycles. The molecule has 3 heterocycles. The second-order valence-electron chi connectivity index (χ2n) is 5.05. The molecular formula is C16H15N5O2. The molecular weight excluding hydrogens is 294 g/mol. The van der Waals surface area contributed by atoms with Crippen LogP contribution in [0.4, 0.5) is 0 Å². The lowest BCUT2D eigenvalue weighted by Crippen LogP contribution is -2.30. The zero-order valence-electron chi connectivity index (χ0n) is 12.7. The van der Waals surface area contributed by atoms with Crippen LogP contribution in [0.5, 0.6) is 0 Å². The summed E-state index contributed by atoms with van der Waals surface area (Å²) < 4.78 is 4.82. The van der Waals surface area contributed by atoms with Crippen LogP contribution < -0.4 is 0 Å². The second-order valence-corrected chi connectivity index (χ2v) is 5.05. The Morgan fingerprint density at radius 1 is 1.17 bits per heavy atom. The van der Waals surface area contributed by atoms with Gasteiger partial charge in [-0.3, -0.25) is 9.78 Å². The molecule has 23 heavy (non-hydrogen) atoms. The predicted molar refractivity (Wildman–Crippen MR) is 82.3 cm³/mol. The van der Waals surface area contributed by atoms with Crippen molar-refractivity contribution in [2.75, 3.05) is 7.05 Å². The Balaban J connectivity index is 1.78. The molecule has 0 spiro atoms. The zero-order chi connectivity index (χ0) is 16.2. The predicted octanol–water partition coefficient (Wildman–Crippen LogP) is 2.36. The van der Waals surface area contributed by atoms with Gasteiger partial charge in [0.25, 0.3) is 5.91 Å². The summed E-state index contributed by atoms with van der Waals surface area (Å²) in [4.78, 5) is 26.5. The molecule has 0 bridgehead atoms. The highest BCUT2D eigenvalue weighted by molar-refractivity contribution is 5.93. The number of hydrogen-bond acceptors (Lipinski definition) is 6. The molecule has 0 saturated carbocycles. The van der Waals surface area contributed by atoms with Gasteiger partial charge >= 0.3 is 0 Å². The third-order valence-corrected chi connectivity index (χ3v) is 3.62. The number of carbonyl (C=O) groups excluding carboxylic acids is 1. The average Bonchev–Trinajstić information content (AvgIpc) is 3.15. The highest BCUT2D eigenvalue weighted by Crippen LogP contribution is 2.19. The van der Waals surface area contributed by atoms with Crippen molar-refractivity contribution in [3.8, 4) is 11.4 Å². The molecule has 3 aromatic rings. The normalized spacial score (nSPS) is 11.9. The van der Waals surface area contributed by atoms with Gasteiger partial charge < -0.3 is 9.42 Å². The van der Waals surface area contributed by atoms with Crippen molar-refractivity contribution in [1.29, 1.82) is 0 Å². The summed E-state index contributed by atoms with van der Waals surface area (Å²) in [6.45, 7) is 1.88. The third-order valence-electron chi connectivity index (χ3n) is 3.62. The van der Waals surface area contributed by atoms with Crippen LogP contribution in [0.15, 0.2) is 53.8 Å². The Morgan fingerprint density at radius 3 is 2.48 bits per heavy atom. The molecule has 0 fully saturated rings. The first-order chi connectivity index (χ1) is 11.2. The molecule has 0 aliphatic rings. The molecule has 7 heteroatoms. The van der Waals surface area contributed by atoms with E-state index in [2.05, 4.69) is 20.1 Å². The molecule has 3 aromatic heterocycles. The number of rotatable bonds is 4. The van der Waals surface area contributed by atoms with Crippen molar-refractivity contribution in [3.05, 3.63) is 60.5 Å². The summed E-state index contributed by atoms with van der Waals surface area (Å²) in [6, 6.07) is 5.16. The Bertz CT molecular complexity index is 772. The fraction of sp³-hybridized carbons (Fsp3) is 0.188. The van der Waals surface area contributed by atoms with Crippen molar-refractivity contribution < 1.29 is 9.32 Å². The molecule has 0 aliphatic heterocycles. The van der Waals surface area contributed by atoms with Gasteiger partial charge in [0.1, 0.15) is 12.0 Å². The largest absolute Gasteiger partial charge is 0.364 e. The Kier molecular flexibility index (Phi) is 4.09. The van der Waals surface area contributed by atoms with Gasteiger partial charge in [0.05, 0.1) is 11.6 Å². The van der Waals surface area contributed by atoms with E-state index in [1.807, 2.05) is 19.1 Å². The second kappa shape index (κ2) is 6.35. The van der Waals surface area contributed by atoms with Crippen LogP contribution >= 0.6 is 0 Å². The van der Waals surface area contributed by atoms with Gasteiger partial charge in [0.15, 0.2) is 5.82 Å². The summed E-state index contributed by atoms with van der Waals surface area (Å²) in [7, 11) is 1.71. The smallest absolute Gasteiger partial charge is 0.257 e. The van der Waals surface area contributed by atoms with Crippen molar-refractivity contribution in [2.45, 2.75) is 13.0 Å². The minimum atomic E-state index is -0.207. The molecule has 1 amide bonds. The summed E-state index contributed by atoms with van der Waals surface area (Å²) in [6.07, 6.45) is 7.88. The van der Waals surface area contributed by atoms with E-state index < -0.39 is 0 Å². The standard InChI is InChI=1S/C16H15N5O2/c1-11(14-5-8-23-20-14)21(2)16(22)13-9-18-15(19-10-13)12-3-6-17-7-4-12/h3-11H,1-2H3. The van der Waals surface area contributed by atoms with Gasteiger partial charge in [-0.15, -0.1) is 0 Å². The van der Waals surface area contributed by atoms with Crippen molar-refractivity contribution in [2.24, 2.45) is 0 Å². The van der Waals surface area contributed by atoms with Gasteiger partial charge in [-0.05, 0) is 19.1 Å². The minimum absolute atomic E-state index is 0.179.